The van der Waals surface area contributed by atoms with Crippen LogP contribution >= 0.6 is 0 Å². The van der Waals surface area contributed by atoms with Crippen molar-refractivity contribution in [1.29, 1.82) is 0 Å². The first kappa shape index (κ1) is 18.7. The zero-order valence-electron chi connectivity index (χ0n) is 13.3. The van der Waals surface area contributed by atoms with Crippen LogP contribution in [0.15, 0.2) is 0 Å². The molecule has 0 aliphatic heterocycles. The van der Waals surface area contributed by atoms with Crippen LogP contribution in [-0.2, 0) is 4.79 Å². The number of carbonyl (C=O) groups excluding carboxylic acids is 1. The smallest absolute Gasteiger partial charge is 0.315 e. The second kappa shape index (κ2) is 9.58. The monoisotopic (exact) mass is 287 g/mol. The van der Waals surface area contributed by atoms with Crippen LogP contribution in [0.25, 0.3) is 0 Å². The van der Waals surface area contributed by atoms with Crippen LogP contribution in [0.5, 0.6) is 0 Å². The van der Waals surface area contributed by atoms with Gasteiger partial charge in [-0.2, -0.15) is 0 Å². The van der Waals surface area contributed by atoms with Gasteiger partial charge in [-0.3, -0.25) is 4.79 Å². The van der Waals surface area contributed by atoms with Crippen molar-refractivity contribution >= 4 is 12.0 Å². The fraction of sp³-hybridized carbons (Fsp3) is 0.857. The van der Waals surface area contributed by atoms with Gasteiger partial charge in [0.25, 0.3) is 0 Å². The van der Waals surface area contributed by atoms with E-state index in [1.807, 2.05) is 25.9 Å². The Morgan fingerprint density at radius 3 is 2.25 bits per heavy atom. The molecular weight excluding hydrogens is 258 g/mol. The first-order chi connectivity index (χ1) is 9.26. The number of nitrogens with one attached hydrogen (secondary N) is 2. The minimum Gasteiger partial charge on any atom is -0.481 e. The van der Waals surface area contributed by atoms with Crippen LogP contribution in [0, 0.1) is 11.8 Å². The van der Waals surface area contributed by atoms with Gasteiger partial charge in [0.2, 0.25) is 0 Å². The van der Waals surface area contributed by atoms with Crippen molar-refractivity contribution in [2.75, 3.05) is 27.2 Å². The van der Waals surface area contributed by atoms with Gasteiger partial charge >= 0.3 is 12.0 Å². The summed E-state index contributed by atoms with van der Waals surface area (Å²) in [6, 6.07) is -0.154. The van der Waals surface area contributed by atoms with Crippen LogP contribution in [0.1, 0.15) is 33.6 Å². The summed E-state index contributed by atoms with van der Waals surface area (Å²) in [4.78, 5) is 24.6. The molecule has 118 valence electrons. The zero-order chi connectivity index (χ0) is 15.7. The summed E-state index contributed by atoms with van der Waals surface area (Å²) >= 11 is 0. The fourth-order valence-electron chi connectivity index (χ4n) is 1.88. The first-order valence-electron chi connectivity index (χ1n) is 7.17. The highest BCUT2D eigenvalue weighted by atomic mass is 16.4. The predicted molar refractivity (Wildman–Crippen MR) is 79.7 cm³/mol. The SMILES string of the molecule is CCC(CNC(=O)NC(CN(C)C)C(C)C)CC(=O)O. The van der Waals surface area contributed by atoms with E-state index in [2.05, 4.69) is 24.5 Å². The molecule has 0 bridgehead atoms. The lowest BCUT2D eigenvalue weighted by Gasteiger charge is -2.26. The van der Waals surface area contributed by atoms with E-state index in [4.69, 9.17) is 5.11 Å². The third-order valence-electron chi connectivity index (χ3n) is 3.28. The number of hydrogen-bond donors (Lipinski definition) is 3. The van der Waals surface area contributed by atoms with Crippen molar-refractivity contribution in [3.63, 3.8) is 0 Å². The number of carbonyl (C=O) groups is 2. The molecule has 2 amide bonds. The average Bonchev–Trinajstić information content (AvgIpc) is 2.32. The van der Waals surface area contributed by atoms with E-state index in [0.717, 1.165) is 13.0 Å². The van der Waals surface area contributed by atoms with Gasteiger partial charge in [0.15, 0.2) is 0 Å². The minimum atomic E-state index is -0.827. The van der Waals surface area contributed by atoms with Gasteiger partial charge in [0.1, 0.15) is 0 Å². The Morgan fingerprint density at radius 1 is 1.25 bits per heavy atom. The summed E-state index contributed by atoms with van der Waals surface area (Å²) in [6.07, 6.45) is 0.819. The van der Waals surface area contributed by atoms with E-state index in [-0.39, 0.29) is 24.4 Å². The van der Waals surface area contributed by atoms with E-state index < -0.39 is 5.97 Å². The standard InChI is InChI=1S/C14H29N3O3/c1-6-11(7-13(18)19)8-15-14(20)16-12(10(2)3)9-17(4)5/h10-12H,6-9H2,1-5H3,(H,18,19)(H2,15,16,20). The molecule has 6 heteroatoms. The highest BCUT2D eigenvalue weighted by molar-refractivity contribution is 5.74. The molecule has 0 aromatic heterocycles. The van der Waals surface area contributed by atoms with E-state index >= 15 is 0 Å². The molecule has 0 aromatic rings. The minimum absolute atomic E-state index is 0.0235. The largest absolute Gasteiger partial charge is 0.481 e. The van der Waals surface area contributed by atoms with Crippen molar-refractivity contribution < 1.29 is 14.7 Å². The number of carboxylic acid groups (broad SMARTS) is 1. The molecule has 0 aromatic carbocycles. The van der Waals surface area contributed by atoms with E-state index in [9.17, 15) is 9.59 Å². The second-order valence-electron chi connectivity index (χ2n) is 5.84. The van der Waals surface area contributed by atoms with Crippen LogP contribution in [0.4, 0.5) is 4.79 Å². The van der Waals surface area contributed by atoms with Gasteiger partial charge in [-0.25, -0.2) is 4.79 Å². The molecule has 0 rings (SSSR count). The number of hydrogen-bond acceptors (Lipinski definition) is 3. The third-order valence-corrected chi connectivity index (χ3v) is 3.28. The summed E-state index contributed by atoms with van der Waals surface area (Å²) in [7, 11) is 3.93. The molecule has 0 radical (unpaired) electrons. The summed E-state index contributed by atoms with van der Waals surface area (Å²) in [5.41, 5.74) is 0. The number of rotatable bonds is 9. The molecule has 0 heterocycles. The van der Waals surface area contributed by atoms with Gasteiger partial charge in [0, 0.05) is 25.6 Å². The molecule has 3 N–H and O–H groups in total. The van der Waals surface area contributed by atoms with E-state index in [1.54, 1.807) is 0 Å². The van der Waals surface area contributed by atoms with Gasteiger partial charge in [0.05, 0.1) is 0 Å². The summed E-state index contributed by atoms with van der Waals surface area (Å²) < 4.78 is 0. The summed E-state index contributed by atoms with van der Waals surface area (Å²) in [5, 5.41) is 14.5. The average molecular weight is 287 g/mol. The van der Waals surface area contributed by atoms with E-state index in [0.29, 0.717) is 12.5 Å². The molecule has 20 heavy (non-hydrogen) atoms. The van der Waals surface area contributed by atoms with Gasteiger partial charge in [-0.15, -0.1) is 0 Å². The molecule has 0 spiro atoms. The maximum absolute atomic E-state index is 11.9. The van der Waals surface area contributed by atoms with Gasteiger partial charge in [-0.1, -0.05) is 27.2 Å². The number of urea groups is 1. The molecule has 2 atom stereocenters. The lowest BCUT2D eigenvalue weighted by atomic mass is 10.0. The van der Waals surface area contributed by atoms with Crippen molar-refractivity contribution in [2.24, 2.45) is 11.8 Å². The maximum atomic E-state index is 11.9. The maximum Gasteiger partial charge on any atom is 0.315 e. The molecule has 2 unspecified atom stereocenters. The van der Waals surface area contributed by atoms with Crippen LogP contribution in [-0.4, -0.2) is 55.2 Å². The molecule has 0 saturated heterocycles. The van der Waals surface area contributed by atoms with Crippen molar-refractivity contribution in [3.8, 4) is 0 Å². The molecule has 0 aliphatic carbocycles. The quantitative estimate of drug-likeness (QED) is 0.598. The Kier molecular flexibility index (Phi) is 8.96. The van der Waals surface area contributed by atoms with Crippen LogP contribution in [0.3, 0.4) is 0 Å². The normalized spacial score (nSPS) is 14.2. The topological polar surface area (TPSA) is 81.7 Å². The number of carboxylic acids is 1. The number of nitrogens with zero attached hydrogens (tertiary/aromatic N) is 1. The first-order valence-corrected chi connectivity index (χ1v) is 7.17. The Balaban J connectivity index is 4.21. The highest BCUT2D eigenvalue weighted by Crippen LogP contribution is 2.07. The molecule has 0 saturated carbocycles. The summed E-state index contributed by atoms with van der Waals surface area (Å²) in [6.45, 7) is 7.22. The summed E-state index contributed by atoms with van der Waals surface area (Å²) in [5.74, 6) is -0.513. The van der Waals surface area contributed by atoms with Crippen LogP contribution in [0.2, 0.25) is 0 Å². The lowest BCUT2D eigenvalue weighted by molar-refractivity contribution is -0.138. The number of aliphatic carboxylic acids is 1. The number of amides is 2. The van der Waals surface area contributed by atoms with Crippen LogP contribution < -0.4 is 10.6 Å². The molecular formula is C14H29N3O3. The highest BCUT2D eigenvalue weighted by Gasteiger charge is 2.18. The Bertz CT molecular complexity index is 306. The van der Waals surface area contributed by atoms with Gasteiger partial charge in [-0.05, 0) is 25.9 Å². The number of likely N-dealkylation sites (N-methyl/N-ethyl adjacent to an activating group) is 1. The molecule has 0 fully saturated rings. The Hall–Kier alpha value is -1.30. The molecule has 6 nitrogen and oxygen atoms in total. The predicted octanol–water partition coefficient (Wildman–Crippen LogP) is 1.37. The van der Waals surface area contributed by atoms with Crippen molar-refractivity contribution in [1.82, 2.24) is 15.5 Å². The van der Waals surface area contributed by atoms with Crippen molar-refractivity contribution in [3.05, 3.63) is 0 Å². The molecule has 0 aliphatic rings. The zero-order valence-corrected chi connectivity index (χ0v) is 13.3. The van der Waals surface area contributed by atoms with Gasteiger partial charge < -0.3 is 20.6 Å². The second-order valence-corrected chi connectivity index (χ2v) is 5.84. The Morgan fingerprint density at radius 2 is 1.85 bits per heavy atom. The third kappa shape index (κ3) is 8.74. The van der Waals surface area contributed by atoms with Crippen molar-refractivity contribution in [2.45, 2.75) is 39.7 Å². The lowest BCUT2D eigenvalue weighted by Crippen LogP contribution is -2.49. The van der Waals surface area contributed by atoms with E-state index in [1.165, 1.54) is 0 Å². The Labute approximate surface area is 121 Å². The fourth-order valence-corrected chi connectivity index (χ4v) is 1.88.